The van der Waals surface area contributed by atoms with E-state index in [9.17, 15) is 4.79 Å². The largest absolute Gasteiger partial charge is 0.465 e. The lowest BCUT2D eigenvalue weighted by Gasteiger charge is -2.33. The van der Waals surface area contributed by atoms with Crippen LogP contribution in [-0.4, -0.2) is 22.8 Å². The van der Waals surface area contributed by atoms with Crippen LogP contribution in [0.15, 0.2) is 0 Å². The molecule has 0 amide bonds. The van der Waals surface area contributed by atoms with Crippen molar-refractivity contribution >= 4 is 29.2 Å². The molecule has 0 spiro atoms. The lowest BCUT2D eigenvalue weighted by Crippen LogP contribution is -2.41. The Morgan fingerprint density at radius 2 is 2.00 bits per heavy atom. The van der Waals surface area contributed by atoms with E-state index < -0.39 is 10.3 Å². The monoisotopic (exact) mass is 238 g/mol. The third-order valence-corrected chi connectivity index (χ3v) is 3.94. The van der Waals surface area contributed by atoms with Crippen LogP contribution in [0, 0.1) is 0 Å². The van der Waals surface area contributed by atoms with Gasteiger partial charge in [0.25, 0.3) is 0 Å². The van der Waals surface area contributed by atoms with Gasteiger partial charge >= 0.3 is 5.97 Å². The summed E-state index contributed by atoms with van der Waals surface area (Å²) in [5.74, 6) is -0.383. The standard InChI is InChI=1S/C10H16Cl2O2/c1-2-14-9(13)8(11)10(12)6-4-3-5-7-10/h8H,2-7H2,1H3. The maximum absolute atomic E-state index is 11.4. The minimum absolute atomic E-state index is 0.356. The zero-order valence-electron chi connectivity index (χ0n) is 8.39. The Bertz CT molecular complexity index is 200. The molecule has 82 valence electrons. The zero-order chi connectivity index (χ0) is 10.6. The third kappa shape index (κ3) is 2.77. The number of hydrogen-bond acceptors (Lipinski definition) is 2. The molecular formula is C10H16Cl2O2. The van der Waals surface area contributed by atoms with Gasteiger partial charge in [0.1, 0.15) is 5.38 Å². The molecule has 0 bridgehead atoms. The molecule has 0 aliphatic heterocycles. The van der Waals surface area contributed by atoms with Crippen molar-refractivity contribution in [3.05, 3.63) is 0 Å². The van der Waals surface area contributed by atoms with Crippen molar-refractivity contribution in [1.82, 2.24) is 0 Å². The molecule has 0 saturated heterocycles. The Labute approximate surface area is 94.9 Å². The van der Waals surface area contributed by atoms with E-state index in [1.165, 1.54) is 6.42 Å². The Kier molecular flexibility index (Phi) is 4.52. The van der Waals surface area contributed by atoms with E-state index in [4.69, 9.17) is 27.9 Å². The first-order chi connectivity index (χ1) is 6.60. The molecule has 0 radical (unpaired) electrons. The number of halogens is 2. The molecule has 0 aromatic heterocycles. The average Bonchev–Trinajstić information content (AvgIpc) is 2.18. The summed E-state index contributed by atoms with van der Waals surface area (Å²) in [7, 11) is 0. The van der Waals surface area contributed by atoms with Crippen LogP contribution in [0.4, 0.5) is 0 Å². The zero-order valence-corrected chi connectivity index (χ0v) is 9.90. The Hall–Kier alpha value is 0.0500. The topological polar surface area (TPSA) is 26.3 Å². The third-order valence-electron chi connectivity index (χ3n) is 2.63. The van der Waals surface area contributed by atoms with Crippen LogP contribution in [0.3, 0.4) is 0 Å². The summed E-state index contributed by atoms with van der Waals surface area (Å²) in [4.78, 5) is 10.8. The van der Waals surface area contributed by atoms with Gasteiger partial charge in [-0.1, -0.05) is 19.3 Å². The fourth-order valence-corrected chi connectivity index (χ4v) is 2.46. The maximum Gasteiger partial charge on any atom is 0.325 e. The van der Waals surface area contributed by atoms with Gasteiger partial charge in [-0.2, -0.15) is 0 Å². The molecule has 2 nitrogen and oxygen atoms in total. The number of hydrogen-bond donors (Lipinski definition) is 0. The maximum atomic E-state index is 11.4. The molecule has 14 heavy (non-hydrogen) atoms. The minimum Gasteiger partial charge on any atom is -0.465 e. The van der Waals surface area contributed by atoms with E-state index in [1.54, 1.807) is 6.92 Å². The summed E-state index contributed by atoms with van der Waals surface area (Å²) in [5.41, 5.74) is 0. The second-order valence-corrected chi connectivity index (χ2v) is 4.90. The van der Waals surface area contributed by atoms with Crippen LogP contribution in [0.5, 0.6) is 0 Å². The molecule has 1 saturated carbocycles. The molecule has 1 aliphatic rings. The van der Waals surface area contributed by atoms with Crippen LogP contribution in [-0.2, 0) is 9.53 Å². The van der Waals surface area contributed by atoms with E-state index >= 15 is 0 Å². The summed E-state index contributed by atoms with van der Waals surface area (Å²) < 4.78 is 4.87. The molecule has 1 rings (SSSR count). The van der Waals surface area contributed by atoms with E-state index in [1.807, 2.05) is 0 Å². The van der Waals surface area contributed by atoms with Gasteiger partial charge in [0, 0.05) is 0 Å². The van der Waals surface area contributed by atoms with E-state index in [0.717, 1.165) is 25.7 Å². The van der Waals surface area contributed by atoms with Gasteiger partial charge in [-0.15, -0.1) is 23.2 Å². The molecule has 0 aromatic rings. The highest BCUT2D eigenvalue weighted by atomic mass is 35.5. The molecule has 1 fully saturated rings. The molecule has 0 aromatic carbocycles. The highest BCUT2D eigenvalue weighted by Gasteiger charge is 2.41. The summed E-state index contributed by atoms with van der Waals surface area (Å²) in [6, 6.07) is 0. The summed E-state index contributed by atoms with van der Waals surface area (Å²) in [5, 5.41) is -0.704. The molecule has 1 atom stereocenters. The van der Waals surface area contributed by atoms with Crippen LogP contribution < -0.4 is 0 Å². The van der Waals surface area contributed by atoms with E-state index in [2.05, 4.69) is 0 Å². The molecule has 1 aliphatic carbocycles. The average molecular weight is 239 g/mol. The summed E-state index contributed by atoms with van der Waals surface area (Å²) in [6.45, 7) is 2.12. The van der Waals surface area contributed by atoms with Crippen molar-refractivity contribution < 1.29 is 9.53 Å². The second-order valence-electron chi connectivity index (χ2n) is 3.71. The number of ether oxygens (including phenoxy) is 1. The SMILES string of the molecule is CCOC(=O)C(Cl)C1(Cl)CCCCC1. The van der Waals surface area contributed by atoms with Crippen molar-refractivity contribution in [3.8, 4) is 0 Å². The van der Waals surface area contributed by atoms with Crippen molar-refractivity contribution in [1.29, 1.82) is 0 Å². The van der Waals surface area contributed by atoms with Gasteiger partial charge in [0.05, 0.1) is 11.5 Å². The smallest absolute Gasteiger partial charge is 0.325 e. The molecule has 0 heterocycles. The minimum atomic E-state index is -0.704. The van der Waals surface area contributed by atoms with Gasteiger partial charge in [-0.25, -0.2) is 0 Å². The van der Waals surface area contributed by atoms with Crippen molar-refractivity contribution in [2.75, 3.05) is 6.61 Å². The normalized spacial score (nSPS) is 22.8. The highest BCUT2D eigenvalue weighted by molar-refractivity contribution is 6.38. The predicted octanol–water partition coefficient (Wildman–Crippen LogP) is 3.10. The Morgan fingerprint density at radius 1 is 1.43 bits per heavy atom. The van der Waals surface area contributed by atoms with Gasteiger partial charge in [-0.05, 0) is 19.8 Å². The van der Waals surface area contributed by atoms with Gasteiger partial charge in [0.2, 0.25) is 0 Å². The van der Waals surface area contributed by atoms with Crippen molar-refractivity contribution in [2.45, 2.75) is 49.3 Å². The lowest BCUT2D eigenvalue weighted by molar-refractivity contribution is -0.143. The number of carbonyl (C=O) groups is 1. The predicted molar refractivity (Wildman–Crippen MR) is 57.9 cm³/mol. The summed E-state index contributed by atoms with van der Waals surface area (Å²) in [6.07, 6.45) is 4.89. The number of esters is 1. The van der Waals surface area contributed by atoms with Gasteiger partial charge in [0.15, 0.2) is 0 Å². The molecular weight excluding hydrogens is 223 g/mol. The molecule has 4 heteroatoms. The Balaban J connectivity index is 2.56. The first kappa shape index (κ1) is 12.1. The number of carbonyl (C=O) groups excluding carboxylic acids is 1. The van der Waals surface area contributed by atoms with Gasteiger partial charge in [-0.3, -0.25) is 4.79 Å². The number of alkyl halides is 2. The fraction of sp³-hybridized carbons (Fsp3) is 0.900. The fourth-order valence-electron chi connectivity index (χ4n) is 1.82. The first-order valence-corrected chi connectivity index (χ1v) is 5.91. The lowest BCUT2D eigenvalue weighted by atomic mass is 9.86. The van der Waals surface area contributed by atoms with Crippen LogP contribution in [0.2, 0.25) is 0 Å². The van der Waals surface area contributed by atoms with Crippen LogP contribution in [0.1, 0.15) is 39.0 Å². The number of rotatable bonds is 3. The van der Waals surface area contributed by atoms with E-state index in [-0.39, 0.29) is 5.97 Å². The quantitative estimate of drug-likeness (QED) is 0.558. The molecule has 1 unspecified atom stereocenters. The Morgan fingerprint density at radius 3 is 2.50 bits per heavy atom. The first-order valence-electron chi connectivity index (χ1n) is 5.10. The van der Waals surface area contributed by atoms with Crippen molar-refractivity contribution in [3.63, 3.8) is 0 Å². The van der Waals surface area contributed by atoms with E-state index in [0.29, 0.717) is 6.61 Å². The second kappa shape index (κ2) is 5.22. The highest BCUT2D eigenvalue weighted by Crippen LogP contribution is 2.39. The molecule has 0 N–H and O–H groups in total. The van der Waals surface area contributed by atoms with Crippen LogP contribution >= 0.6 is 23.2 Å². The van der Waals surface area contributed by atoms with Gasteiger partial charge < -0.3 is 4.74 Å². The van der Waals surface area contributed by atoms with Crippen LogP contribution in [0.25, 0.3) is 0 Å². The summed E-state index contributed by atoms with van der Waals surface area (Å²) >= 11 is 12.3. The van der Waals surface area contributed by atoms with Crippen molar-refractivity contribution in [2.24, 2.45) is 0 Å².